The van der Waals surface area contributed by atoms with Crippen LogP contribution >= 0.6 is 11.3 Å². The van der Waals surface area contributed by atoms with Gasteiger partial charge in [-0.2, -0.15) is 16.1 Å². The molecule has 26 heavy (non-hydrogen) atoms. The van der Waals surface area contributed by atoms with Gasteiger partial charge in [0.2, 0.25) is 5.82 Å². The Kier molecular flexibility index (Phi) is 5.32. The summed E-state index contributed by atoms with van der Waals surface area (Å²) in [4.78, 5) is 24.6. The molecule has 0 fully saturated rings. The first-order valence-electron chi connectivity index (χ1n) is 7.53. The summed E-state index contributed by atoms with van der Waals surface area (Å²) in [6.07, 6.45) is 0. The average molecular weight is 375 g/mol. The molecule has 2 aromatic heterocycles. The fraction of sp³-hybridized carbons (Fsp3) is 0.188. The van der Waals surface area contributed by atoms with E-state index in [4.69, 9.17) is 4.74 Å². The van der Waals surface area contributed by atoms with Crippen LogP contribution in [0.2, 0.25) is 0 Å². The van der Waals surface area contributed by atoms with Crippen molar-refractivity contribution in [3.05, 3.63) is 46.4 Å². The molecule has 8 nitrogen and oxygen atoms in total. The number of carbonyl (C=O) groups excluding carboxylic acids is 2. The zero-order valence-electron chi connectivity index (χ0n) is 13.7. The Hall–Kier alpha value is -3.14. The molecule has 0 unspecified atom stereocenters. The third kappa shape index (κ3) is 4.48. The number of amides is 1. The van der Waals surface area contributed by atoms with Crippen LogP contribution in [0.4, 0.5) is 10.1 Å². The van der Waals surface area contributed by atoms with Crippen molar-refractivity contribution in [2.75, 3.05) is 11.9 Å². The minimum Gasteiger partial charge on any atom is -0.454 e. The molecule has 10 heteroatoms. The number of hydrogen-bond acceptors (Lipinski definition) is 7. The molecule has 1 aromatic carbocycles. The van der Waals surface area contributed by atoms with Gasteiger partial charge in [-0.05, 0) is 41.3 Å². The first kappa shape index (κ1) is 17.7. The summed E-state index contributed by atoms with van der Waals surface area (Å²) in [5.74, 6) is -1.30. The van der Waals surface area contributed by atoms with E-state index in [1.54, 1.807) is 19.1 Å². The number of anilines is 1. The predicted octanol–water partition coefficient (Wildman–Crippen LogP) is 2.03. The van der Waals surface area contributed by atoms with Crippen LogP contribution in [-0.2, 0) is 20.9 Å². The van der Waals surface area contributed by atoms with Crippen LogP contribution in [0.15, 0.2) is 35.0 Å². The van der Waals surface area contributed by atoms with Gasteiger partial charge >= 0.3 is 5.97 Å². The zero-order chi connectivity index (χ0) is 18.5. The van der Waals surface area contributed by atoms with Gasteiger partial charge in [0.25, 0.3) is 5.91 Å². The second kappa shape index (κ2) is 7.83. The van der Waals surface area contributed by atoms with Gasteiger partial charge in [0.05, 0.1) is 0 Å². The summed E-state index contributed by atoms with van der Waals surface area (Å²) in [5.41, 5.74) is 1.56. The number of nitrogens with one attached hydrogen (secondary N) is 1. The van der Waals surface area contributed by atoms with Crippen molar-refractivity contribution >= 4 is 28.9 Å². The Morgan fingerprint density at radius 2 is 2.19 bits per heavy atom. The molecule has 134 valence electrons. The molecule has 0 spiro atoms. The van der Waals surface area contributed by atoms with Crippen LogP contribution in [0.3, 0.4) is 0 Å². The predicted molar refractivity (Wildman–Crippen MR) is 91.9 cm³/mol. The number of aromatic nitrogens is 4. The molecule has 1 amide bonds. The van der Waals surface area contributed by atoms with E-state index >= 15 is 0 Å². The minimum absolute atomic E-state index is 0.274. The van der Waals surface area contributed by atoms with Gasteiger partial charge < -0.3 is 10.1 Å². The third-order valence-corrected chi connectivity index (χ3v) is 4.01. The Balaban J connectivity index is 1.47. The number of hydrogen-bond donors (Lipinski definition) is 1. The Labute approximate surface area is 151 Å². The molecule has 3 rings (SSSR count). The highest BCUT2D eigenvalue weighted by atomic mass is 32.1. The summed E-state index contributed by atoms with van der Waals surface area (Å²) in [6, 6.07) is 6.13. The minimum atomic E-state index is -0.690. The monoisotopic (exact) mass is 375 g/mol. The first-order chi connectivity index (χ1) is 12.5. The van der Waals surface area contributed by atoms with Gasteiger partial charge in [-0.3, -0.25) is 4.79 Å². The van der Waals surface area contributed by atoms with E-state index in [9.17, 15) is 14.0 Å². The molecule has 0 aliphatic heterocycles. The lowest BCUT2D eigenvalue weighted by Gasteiger charge is -2.07. The average Bonchev–Trinajstić information content (AvgIpc) is 3.28. The van der Waals surface area contributed by atoms with Crippen LogP contribution in [0.5, 0.6) is 0 Å². The number of esters is 1. The second-order valence-corrected chi connectivity index (χ2v) is 6.11. The summed E-state index contributed by atoms with van der Waals surface area (Å²) in [5, 5.41) is 17.9. The summed E-state index contributed by atoms with van der Waals surface area (Å²) < 4.78 is 18.3. The van der Waals surface area contributed by atoms with Gasteiger partial charge in [0, 0.05) is 16.6 Å². The van der Waals surface area contributed by atoms with Gasteiger partial charge in [-0.25, -0.2) is 9.18 Å². The highest BCUT2D eigenvalue weighted by Gasteiger charge is 2.12. The van der Waals surface area contributed by atoms with Crippen molar-refractivity contribution in [3.8, 4) is 11.4 Å². The maximum absolute atomic E-state index is 13.4. The zero-order valence-corrected chi connectivity index (χ0v) is 14.5. The van der Waals surface area contributed by atoms with E-state index in [-0.39, 0.29) is 12.2 Å². The molecule has 0 saturated heterocycles. The molecule has 0 saturated carbocycles. The molecule has 0 aliphatic rings. The van der Waals surface area contributed by atoms with Crippen LogP contribution in [-0.4, -0.2) is 38.7 Å². The third-order valence-electron chi connectivity index (χ3n) is 3.32. The van der Waals surface area contributed by atoms with E-state index in [1.807, 2.05) is 16.8 Å². The molecule has 2 heterocycles. The lowest BCUT2D eigenvalue weighted by Crippen LogP contribution is -2.23. The van der Waals surface area contributed by atoms with Crippen molar-refractivity contribution < 1.29 is 18.7 Å². The number of rotatable bonds is 6. The van der Waals surface area contributed by atoms with Crippen molar-refractivity contribution in [3.63, 3.8) is 0 Å². The first-order valence-corrected chi connectivity index (χ1v) is 8.47. The topological polar surface area (TPSA) is 99.0 Å². The van der Waals surface area contributed by atoms with Crippen LogP contribution < -0.4 is 5.32 Å². The molecular formula is C16H14FN5O3S. The molecule has 0 atom stereocenters. The number of nitrogens with zero attached hydrogens (tertiary/aromatic N) is 4. The number of benzene rings is 1. The number of ether oxygens (including phenoxy) is 1. The lowest BCUT2D eigenvalue weighted by molar-refractivity contribution is -0.148. The number of aryl methyl sites for hydroxylation is 1. The van der Waals surface area contributed by atoms with Crippen molar-refractivity contribution in [1.29, 1.82) is 0 Å². The maximum atomic E-state index is 13.4. The SMILES string of the molecule is Cc1ccc(NC(=O)COC(=O)Cn2nnc(-c3ccsc3)n2)cc1F. The van der Waals surface area contributed by atoms with E-state index in [1.165, 1.54) is 17.4 Å². The summed E-state index contributed by atoms with van der Waals surface area (Å²) >= 11 is 1.49. The summed E-state index contributed by atoms with van der Waals surface area (Å²) in [6.45, 7) is 0.842. The van der Waals surface area contributed by atoms with E-state index in [2.05, 4.69) is 20.7 Å². The Morgan fingerprint density at radius 1 is 1.35 bits per heavy atom. The highest BCUT2D eigenvalue weighted by Crippen LogP contribution is 2.16. The van der Waals surface area contributed by atoms with Gasteiger partial charge in [-0.15, -0.1) is 10.2 Å². The van der Waals surface area contributed by atoms with E-state index in [0.29, 0.717) is 11.4 Å². The van der Waals surface area contributed by atoms with Crippen LogP contribution in [0.1, 0.15) is 5.56 Å². The molecule has 0 radical (unpaired) electrons. The smallest absolute Gasteiger partial charge is 0.330 e. The molecule has 0 aliphatic carbocycles. The molecule has 3 aromatic rings. The van der Waals surface area contributed by atoms with E-state index in [0.717, 1.165) is 10.4 Å². The molecule has 0 bridgehead atoms. The fourth-order valence-corrected chi connectivity index (χ4v) is 2.63. The number of thiophene rings is 1. The number of halogens is 1. The van der Waals surface area contributed by atoms with E-state index < -0.39 is 24.3 Å². The molecular weight excluding hydrogens is 361 g/mol. The normalized spacial score (nSPS) is 10.5. The van der Waals surface area contributed by atoms with Gasteiger partial charge in [0.15, 0.2) is 13.2 Å². The van der Waals surface area contributed by atoms with Gasteiger partial charge in [0.1, 0.15) is 5.82 Å². The van der Waals surface area contributed by atoms with Crippen molar-refractivity contribution in [1.82, 2.24) is 20.2 Å². The van der Waals surface area contributed by atoms with Crippen LogP contribution in [0.25, 0.3) is 11.4 Å². The lowest BCUT2D eigenvalue weighted by atomic mass is 10.2. The van der Waals surface area contributed by atoms with Crippen LogP contribution in [0, 0.1) is 12.7 Å². The summed E-state index contributed by atoms with van der Waals surface area (Å²) in [7, 11) is 0. The second-order valence-electron chi connectivity index (χ2n) is 5.33. The molecule has 1 N–H and O–H groups in total. The van der Waals surface area contributed by atoms with Crippen molar-refractivity contribution in [2.24, 2.45) is 0 Å². The number of tetrazole rings is 1. The Morgan fingerprint density at radius 3 is 2.92 bits per heavy atom. The largest absolute Gasteiger partial charge is 0.454 e. The highest BCUT2D eigenvalue weighted by molar-refractivity contribution is 7.08. The maximum Gasteiger partial charge on any atom is 0.330 e. The quantitative estimate of drug-likeness (QED) is 0.662. The Bertz CT molecular complexity index is 926. The van der Waals surface area contributed by atoms with Gasteiger partial charge in [-0.1, -0.05) is 6.07 Å². The number of carbonyl (C=O) groups is 2. The standard InChI is InChI=1S/C16H14FN5O3S/c1-10-2-3-12(6-13(10)17)18-14(23)8-25-15(24)7-22-20-16(19-21-22)11-4-5-26-9-11/h2-6,9H,7-8H2,1H3,(H,18,23). The van der Waals surface area contributed by atoms with Crippen molar-refractivity contribution in [2.45, 2.75) is 13.5 Å². The fourth-order valence-electron chi connectivity index (χ4n) is 1.99.